The molecule has 0 fully saturated rings. The summed E-state index contributed by atoms with van der Waals surface area (Å²) in [6, 6.07) is 15.3. The molecule has 3 aromatic rings. The molecule has 1 aromatic heterocycles. The van der Waals surface area contributed by atoms with Crippen LogP contribution >= 0.6 is 15.9 Å². The van der Waals surface area contributed by atoms with Crippen molar-refractivity contribution >= 4 is 43.8 Å². The van der Waals surface area contributed by atoms with E-state index in [1.165, 1.54) is 14.0 Å². The van der Waals surface area contributed by atoms with Gasteiger partial charge in [0.15, 0.2) is 0 Å². The number of anilines is 1. The number of aryl methyl sites for hydroxylation is 1. The minimum atomic E-state index is -3.73. The lowest BCUT2D eigenvalue weighted by Gasteiger charge is -2.27. The largest absolute Gasteiger partial charge is 0.497 e. The number of rotatable bonds is 8. The van der Waals surface area contributed by atoms with Crippen LogP contribution in [0.15, 0.2) is 64.2 Å². The van der Waals surface area contributed by atoms with Gasteiger partial charge in [-0.05, 0) is 69.3 Å². The zero-order valence-electron chi connectivity index (χ0n) is 19.6. The van der Waals surface area contributed by atoms with Crippen molar-refractivity contribution in [1.29, 1.82) is 0 Å². The highest BCUT2D eigenvalue weighted by Gasteiger charge is 2.29. The third-order valence-electron chi connectivity index (χ3n) is 5.33. The zero-order chi connectivity index (χ0) is 25.0. The molecule has 0 bridgehead atoms. The first-order valence-corrected chi connectivity index (χ1v) is 13.1. The summed E-state index contributed by atoms with van der Waals surface area (Å²) in [5.74, 6) is 0.0256. The number of hydrogen-bond donors (Lipinski definition) is 1. The number of amides is 1. The topological polar surface area (TPSA) is 93.0 Å². The van der Waals surface area contributed by atoms with Crippen LogP contribution in [0.5, 0.6) is 5.75 Å². The number of ether oxygens (including phenoxy) is 1. The van der Waals surface area contributed by atoms with Crippen LogP contribution in [0.4, 0.5) is 5.69 Å². The number of halogens is 1. The van der Waals surface area contributed by atoms with Crippen LogP contribution in [-0.4, -0.2) is 44.5 Å². The second-order valence-electron chi connectivity index (χ2n) is 7.81. The highest BCUT2D eigenvalue weighted by molar-refractivity contribution is 9.10. The van der Waals surface area contributed by atoms with Crippen molar-refractivity contribution in [2.75, 3.05) is 17.7 Å². The van der Waals surface area contributed by atoms with Crippen molar-refractivity contribution in [3.8, 4) is 11.4 Å². The first-order valence-electron chi connectivity index (χ1n) is 10.4. The Hall–Kier alpha value is -3.11. The molecule has 0 radical (unpaired) electrons. The second kappa shape index (κ2) is 10.4. The summed E-state index contributed by atoms with van der Waals surface area (Å²) in [5, 5.41) is 4.09. The van der Waals surface area contributed by atoms with Gasteiger partial charge in [-0.3, -0.25) is 9.10 Å². The number of sulfonamides is 1. The second-order valence-corrected chi connectivity index (χ2v) is 10.6. The fraction of sp³-hybridized carbons (Fsp3) is 0.250. The van der Waals surface area contributed by atoms with E-state index in [1.807, 2.05) is 44.2 Å². The minimum absolute atomic E-state index is 0.354. The third-order valence-corrected chi connectivity index (χ3v) is 7.07. The van der Waals surface area contributed by atoms with Gasteiger partial charge in [0.1, 0.15) is 11.8 Å². The van der Waals surface area contributed by atoms with Crippen molar-refractivity contribution < 1.29 is 17.9 Å². The summed E-state index contributed by atoms with van der Waals surface area (Å²) in [6.45, 7) is 5.47. The number of nitrogens with one attached hydrogen (secondary N) is 1. The quantitative estimate of drug-likeness (QED) is 0.339. The van der Waals surface area contributed by atoms with Gasteiger partial charge in [-0.1, -0.05) is 22.0 Å². The Balaban J connectivity index is 1.79. The van der Waals surface area contributed by atoms with Gasteiger partial charge in [-0.2, -0.15) is 5.10 Å². The van der Waals surface area contributed by atoms with Gasteiger partial charge in [0, 0.05) is 27.1 Å². The average Bonchev–Trinajstić information content (AvgIpc) is 3.06. The fourth-order valence-electron chi connectivity index (χ4n) is 3.73. The number of benzene rings is 2. The Morgan fingerprint density at radius 1 is 1.18 bits per heavy atom. The molecule has 0 aliphatic heterocycles. The van der Waals surface area contributed by atoms with E-state index in [4.69, 9.17) is 4.74 Å². The summed E-state index contributed by atoms with van der Waals surface area (Å²) in [4.78, 5) is 12.8. The third kappa shape index (κ3) is 5.68. The number of methoxy groups -OCH3 is 1. The molecule has 0 aliphatic rings. The monoisotopic (exact) mass is 546 g/mol. The van der Waals surface area contributed by atoms with Crippen molar-refractivity contribution in [1.82, 2.24) is 9.99 Å². The number of hydrazone groups is 1. The molecule has 1 atom stereocenters. The van der Waals surface area contributed by atoms with E-state index in [9.17, 15) is 13.2 Å². The fourth-order valence-corrected chi connectivity index (χ4v) is 5.29. The molecule has 1 heterocycles. The summed E-state index contributed by atoms with van der Waals surface area (Å²) in [7, 11) is -2.21. The molecule has 0 saturated carbocycles. The summed E-state index contributed by atoms with van der Waals surface area (Å²) < 4.78 is 34.1. The van der Waals surface area contributed by atoms with E-state index in [1.54, 1.807) is 30.5 Å². The molecule has 10 heteroatoms. The van der Waals surface area contributed by atoms with E-state index in [2.05, 4.69) is 31.0 Å². The zero-order valence-corrected chi connectivity index (χ0v) is 22.0. The lowest BCUT2D eigenvalue weighted by atomic mass is 10.2. The van der Waals surface area contributed by atoms with Gasteiger partial charge in [0.05, 0.1) is 25.3 Å². The molecule has 0 unspecified atom stereocenters. The molecule has 0 aliphatic carbocycles. The standard InChI is InChI=1S/C24H27BrN4O4S/c1-16-13-19(17(2)28(16)22-8-6-7-20(25)14-22)15-26-27-24(30)18(3)29(34(5,31)32)21-9-11-23(33-4)12-10-21/h6-15,18H,1-5H3,(H,27,30)/b26-15-/t18-/m0/s1. The minimum Gasteiger partial charge on any atom is -0.497 e. The van der Waals surface area contributed by atoms with Crippen LogP contribution in [0.1, 0.15) is 23.9 Å². The Bertz CT molecular complexity index is 1320. The number of hydrogen-bond acceptors (Lipinski definition) is 5. The summed E-state index contributed by atoms with van der Waals surface area (Å²) in [5.41, 5.74) is 6.63. The van der Waals surface area contributed by atoms with Crippen LogP contribution in [0.25, 0.3) is 5.69 Å². The maximum Gasteiger partial charge on any atom is 0.263 e. The normalized spacial score (nSPS) is 12.5. The molecule has 1 N–H and O–H groups in total. The molecule has 2 aromatic carbocycles. The average molecular weight is 547 g/mol. The number of aromatic nitrogens is 1. The predicted octanol–water partition coefficient (Wildman–Crippen LogP) is 4.17. The number of carbonyl (C=O) groups excluding carboxylic acids is 1. The van der Waals surface area contributed by atoms with Gasteiger partial charge in [-0.15, -0.1) is 0 Å². The Morgan fingerprint density at radius 2 is 1.85 bits per heavy atom. The maximum atomic E-state index is 12.8. The highest BCUT2D eigenvalue weighted by atomic mass is 79.9. The van der Waals surface area contributed by atoms with Crippen molar-refractivity contribution in [3.05, 3.63) is 76.0 Å². The van der Waals surface area contributed by atoms with Crippen LogP contribution < -0.4 is 14.5 Å². The van der Waals surface area contributed by atoms with E-state index in [0.717, 1.165) is 37.7 Å². The van der Waals surface area contributed by atoms with E-state index >= 15 is 0 Å². The molecule has 8 nitrogen and oxygen atoms in total. The summed E-state index contributed by atoms with van der Waals surface area (Å²) >= 11 is 3.50. The number of carbonyl (C=O) groups is 1. The molecule has 0 spiro atoms. The van der Waals surface area contributed by atoms with Gasteiger partial charge < -0.3 is 9.30 Å². The van der Waals surface area contributed by atoms with Gasteiger partial charge in [0.25, 0.3) is 5.91 Å². The van der Waals surface area contributed by atoms with Crippen LogP contribution in [-0.2, 0) is 14.8 Å². The molecular weight excluding hydrogens is 520 g/mol. The van der Waals surface area contributed by atoms with Gasteiger partial charge in [0.2, 0.25) is 10.0 Å². The first-order chi connectivity index (χ1) is 16.0. The van der Waals surface area contributed by atoms with Gasteiger partial charge in [-0.25, -0.2) is 13.8 Å². The SMILES string of the molecule is COc1ccc(N([C@@H](C)C(=O)N/N=C\c2cc(C)n(-c3cccc(Br)c3)c2C)S(C)(=O)=O)cc1. The molecule has 180 valence electrons. The van der Waals surface area contributed by atoms with Crippen molar-refractivity contribution in [2.45, 2.75) is 26.8 Å². The first kappa shape index (κ1) is 25.5. The molecular formula is C24H27BrN4O4S. The molecule has 3 rings (SSSR count). The highest BCUT2D eigenvalue weighted by Crippen LogP contribution is 2.24. The summed E-state index contributed by atoms with van der Waals surface area (Å²) in [6.07, 6.45) is 2.61. The van der Waals surface area contributed by atoms with Crippen LogP contribution in [0.2, 0.25) is 0 Å². The Morgan fingerprint density at radius 3 is 2.44 bits per heavy atom. The molecule has 34 heavy (non-hydrogen) atoms. The lowest BCUT2D eigenvalue weighted by molar-refractivity contribution is -0.121. The van der Waals surface area contributed by atoms with Gasteiger partial charge >= 0.3 is 0 Å². The lowest BCUT2D eigenvalue weighted by Crippen LogP contribution is -2.46. The predicted molar refractivity (Wildman–Crippen MR) is 138 cm³/mol. The van der Waals surface area contributed by atoms with E-state index in [0.29, 0.717) is 11.4 Å². The van der Waals surface area contributed by atoms with Crippen LogP contribution in [0, 0.1) is 13.8 Å². The van der Waals surface area contributed by atoms with Crippen LogP contribution in [0.3, 0.4) is 0 Å². The Labute approximate surface area is 208 Å². The smallest absolute Gasteiger partial charge is 0.263 e. The maximum absolute atomic E-state index is 12.8. The molecule has 1 amide bonds. The van der Waals surface area contributed by atoms with E-state index in [-0.39, 0.29) is 0 Å². The number of nitrogens with zero attached hydrogens (tertiary/aromatic N) is 3. The Kier molecular flexibility index (Phi) is 7.83. The molecule has 0 saturated heterocycles. The van der Waals surface area contributed by atoms with Crippen molar-refractivity contribution in [2.24, 2.45) is 5.10 Å². The van der Waals surface area contributed by atoms with E-state index < -0.39 is 22.0 Å². The van der Waals surface area contributed by atoms with Crippen molar-refractivity contribution in [3.63, 3.8) is 0 Å².